The number of hydrogen-bond donors (Lipinski definition) is 0. The van der Waals surface area contributed by atoms with E-state index in [0.29, 0.717) is 6.42 Å². The molecule has 0 radical (unpaired) electrons. The van der Waals surface area contributed by atoms with Crippen molar-refractivity contribution in [2.45, 2.75) is 70.9 Å². The summed E-state index contributed by atoms with van der Waals surface area (Å²) in [6, 6.07) is 0. The summed E-state index contributed by atoms with van der Waals surface area (Å²) in [7, 11) is -1.87. The van der Waals surface area contributed by atoms with Gasteiger partial charge in [0, 0.05) is 6.42 Å². The van der Waals surface area contributed by atoms with Crippen LogP contribution in [0, 0.1) is 5.92 Å². The van der Waals surface area contributed by atoms with Crippen molar-refractivity contribution in [2.75, 3.05) is 0 Å². The summed E-state index contributed by atoms with van der Waals surface area (Å²) in [5.74, 6) is 0.0755. The lowest BCUT2D eigenvalue weighted by atomic mass is 9.97. The van der Waals surface area contributed by atoms with E-state index in [1.54, 1.807) is 0 Å². The average Bonchev–Trinajstić information content (AvgIpc) is 2.79. The van der Waals surface area contributed by atoms with Gasteiger partial charge >= 0.3 is 0 Å². The highest BCUT2D eigenvalue weighted by atomic mass is 28.4. The van der Waals surface area contributed by atoms with Crippen molar-refractivity contribution in [2.24, 2.45) is 11.1 Å². The number of carbonyl (C=O) groups is 1. The minimum absolute atomic E-state index is 0.119. The van der Waals surface area contributed by atoms with Crippen LogP contribution in [-0.2, 0) is 14.1 Å². The Hall–Kier alpha value is -0.683. The van der Waals surface area contributed by atoms with Crippen LogP contribution in [0.15, 0.2) is 5.16 Å². The van der Waals surface area contributed by atoms with E-state index in [2.05, 4.69) is 39.0 Å². The number of hydrogen-bond acceptors (Lipinski definition) is 4. The second-order valence-electron chi connectivity index (χ2n) is 7.07. The summed E-state index contributed by atoms with van der Waals surface area (Å²) in [5, 5.41) is 4.20. The van der Waals surface area contributed by atoms with Gasteiger partial charge < -0.3 is 9.26 Å². The smallest absolute Gasteiger partial charge is 0.192 e. The SMILES string of the molecule is CCC1=NO[C@H]2[C@@H]1C(=O)C[C@@H]2O[Si](C)(C)C(C)(C)C. The molecule has 0 aromatic carbocycles. The molecule has 0 unspecified atom stereocenters. The minimum Gasteiger partial charge on any atom is -0.410 e. The van der Waals surface area contributed by atoms with E-state index >= 15 is 0 Å². The third-order valence-corrected chi connectivity index (χ3v) is 9.21. The molecule has 1 fully saturated rings. The molecule has 1 heterocycles. The molecular weight excluding hydrogens is 258 g/mol. The van der Waals surface area contributed by atoms with Crippen LogP contribution in [0.4, 0.5) is 0 Å². The molecule has 0 aromatic heterocycles. The van der Waals surface area contributed by atoms with Gasteiger partial charge in [-0.05, 0) is 24.6 Å². The highest BCUT2D eigenvalue weighted by molar-refractivity contribution is 6.74. The molecule has 0 spiro atoms. The molecule has 5 heteroatoms. The van der Waals surface area contributed by atoms with E-state index < -0.39 is 8.32 Å². The highest BCUT2D eigenvalue weighted by Gasteiger charge is 2.53. The van der Waals surface area contributed by atoms with E-state index in [9.17, 15) is 4.79 Å². The van der Waals surface area contributed by atoms with E-state index in [4.69, 9.17) is 9.26 Å². The molecule has 0 saturated heterocycles. The van der Waals surface area contributed by atoms with Gasteiger partial charge in [0.1, 0.15) is 11.7 Å². The van der Waals surface area contributed by atoms with Gasteiger partial charge in [-0.3, -0.25) is 4.79 Å². The molecule has 2 aliphatic rings. The molecule has 4 nitrogen and oxygen atoms in total. The molecule has 1 aliphatic heterocycles. The van der Waals surface area contributed by atoms with E-state index in [1.807, 2.05) is 6.92 Å². The van der Waals surface area contributed by atoms with Crippen molar-refractivity contribution in [1.29, 1.82) is 0 Å². The molecule has 0 N–H and O–H groups in total. The van der Waals surface area contributed by atoms with E-state index in [0.717, 1.165) is 12.1 Å². The maximum absolute atomic E-state index is 12.1. The Morgan fingerprint density at radius 1 is 1.42 bits per heavy atom. The Morgan fingerprint density at radius 3 is 2.58 bits per heavy atom. The van der Waals surface area contributed by atoms with Gasteiger partial charge in [0.05, 0.1) is 11.8 Å². The molecular formula is C14H25NO3Si. The number of oxime groups is 1. The fraction of sp³-hybridized carbons (Fsp3) is 0.857. The zero-order valence-corrected chi connectivity index (χ0v) is 13.8. The van der Waals surface area contributed by atoms with Crippen LogP contribution in [0.2, 0.25) is 18.1 Å². The zero-order valence-electron chi connectivity index (χ0n) is 12.8. The third-order valence-electron chi connectivity index (χ3n) is 4.71. The fourth-order valence-corrected chi connectivity index (χ4v) is 3.81. The van der Waals surface area contributed by atoms with Crippen LogP contribution in [0.25, 0.3) is 0 Å². The number of ketones is 1. The zero-order chi connectivity index (χ0) is 14.4. The molecule has 0 aromatic rings. The lowest BCUT2D eigenvalue weighted by molar-refractivity contribution is -0.119. The van der Waals surface area contributed by atoms with Crippen LogP contribution in [0.3, 0.4) is 0 Å². The molecule has 108 valence electrons. The van der Waals surface area contributed by atoms with Gasteiger partial charge in [0.2, 0.25) is 0 Å². The summed E-state index contributed by atoms with van der Waals surface area (Å²) in [6.07, 6.45) is 0.948. The normalized spacial score (nSPS) is 31.2. The Morgan fingerprint density at radius 2 is 2.05 bits per heavy atom. The van der Waals surface area contributed by atoms with Crippen LogP contribution >= 0.6 is 0 Å². The van der Waals surface area contributed by atoms with Crippen molar-refractivity contribution >= 4 is 19.8 Å². The molecule has 2 rings (SSSR count). The fourth-order valence-electron chi connectivity index (χ4n) is 2.48. The Bertz CT molecular complexity index is 411. The summed E-state index contributed by atoms with van der Waals surface area (Å²) >= 11 is 0. The van der Waals surface area contributed by atoms with E-state index in [1.165, 1.54) is 0 Å². The number of carbonyl (C=O) groups excluding carboxylic acids is 1. The van der Waals surface area contributed by atoms with Crippen LogP contribution in [0.1, 0.15) is 40.5 Å². The monoisotopic (exact) mass is 283 g/mol. The van der Waals surface area contributed by atoms with Gasteiger partial charge in [-0.25, -0.2) is 0 Å². The first kappa shape index (κ1) is 14.7. The van der Waals surface area contributed by atoms with Crippen molar-refractivity contribution in [3.8, 4) is 0 Å². The van der Waals surface area contributed by atoms with Gasteiger partial charge in [-0.2, -0.15) is 0 Å². The second-order valence-corrected chi connectivity index (χ2v) is 11.8. The largest absolute Gasteiger partial charge is 0.410 e. The van der Waals surface area contributed by atoms with Crippen molar-refractivity contribution < 1.29 is 14.1 Å². The summed E-state index contributed by atoms with van der Waals surface area (Å²) < 4.78 is 6.36. The first-order valence-corrected chi connectivity index (χ1v) is 10.0. The maximum Gasteiger partial charge on any atom is 0.192 e. The Labute approximate surface area is 116 Å². The Kier molecular flexibility index (Phi) is 3.64. The standard InChI is InChI=1S/C14H25NO3Si/c1-7-9-12-10(16)8-11(13(12)17-15-9)18-19(5,6)14(2,3)4/h11-13H,7-8H2,1-6H3/t11-,12-,13+/m0/s1. The molecule has 0 amide bonds. The van der Waals surface area contributed by atoms with Crippen LogP contribution in [0.5, 0.6) is 0 Å². The van der Waals surface area contributed by atoms with Gasteiger partial charge in [-0.1, -0.05) is 32.9 Å². The molecule has 1 saturated carbocycles. The van der Waals surface area contributed by atoms with Crippen LogP contribution < -0.4 is 0 Å². The minimum atomic E-state index is -1.87. The van der Waals surface area contributed by atoms with Crippen molar-refractivity contribution in [1.82, 2.24) is 0 Å². The quantitative estimate of drug-likeness (QED) is 0.748. The maximum atomic E-state index is 12.1. The predicted molar refractivity (Wildman–Crippen MR) is 77.8 cm³/mol. The average molecular weight is 283 g/mol. The Balaban J connectivity index is 2.12. The predicted octanol–water partition coefficient (Wildman–Crippen LogP) is 3.13. The first-order valence-electron chi connectivity index (χ1n) is 7.10. The van der Waals surface area contributed by atoms with E-state index in [-0.39, 0.29) is 28.9 Å². The summed E-state index contributed by atoms with van der Waals surface area (Å²) in [4.78, 5) is 17.6. The molecule has 19 heavy (non-hydrogen) atoms. The van der Waals surface area contributed by atoms with Crippen LogP contribution in [-0.4, -0.2) is 32.0 Å². The summed E-state index contributed by atoms with van der Waals surface area (Å²) in [5.41, 5.74) is 0.885. The number of fused-ring (bicyclic) bond motifs is 1. The molecule has 0 bridgehead atoms. The number of Topliss-reactive ketones (excluding diaryl/α,β-unsaturated/α-hetero) is 1. The lowest BCUT2D eigenvalue weighted by Gasteiger charge is -2.39. The van der Waals surface area contributed by atoms with Crippen molar-refractivity contribution in [3.63, 3.8) is 0 Å². The van der Waals surface area contributed by atoms with Gasteiger partial charge in [0.15, 0.2) is 14.4 Å². The highest BCUT2D eigenvalue weighted by Crippen LogP contribution is 2.42. The summed E-state index contributed by atoms with van der Waals surface area (Å²) in [6.45, 7) is 13.0. The number of nitrogens with zero attached hydrogens (tertiary/aromatic N) is 1. The topological polar surface area (TPSA) is 47.9 Å². The van der Waals surface area contributed by atoms with Crippen molar-refractivity contribution in [3.05, 3.63) is 0 Å². The molecule has 3 atom stereocenters. The van der Waals surface area contributed by atoms with Gasteiger partial charge in [0.25, 0.3) is 0 Å². The second kappa shape index (κ2) is 4.70. The molecule has 1 aliphatic carbocycles. The third kappa shape index (κ3) is 2.50. The lowest BCUT2D eigenvalue weighted by Crippen LogP contribution is -2.46. The number of rotatable bonds is 3. The van der Waals surface area contributed by atoms with Gasteiger partial charge in [-0.15, -0.1) is 0 Å². The first-order chi connectivity index (χ1) is 8.67.